The Morgan fingerprint density at radius 1 is 1.47 bits per heavy atom. The molecule has 0 spiro atoms. The Hall–Kier alpha value is -1.59. The highest BCUT2D eigenvalue weighted by molar-refractivity contribution is 7.09. The van der Waals surface area contributed by atoms with E-state index in [9.17, 15) is 5.11 Å². The zero-order chi connectivity index (χ0) is 13.8. The minimum absolute atomic E-state index is 0.166. The number of ether oxygens (including phenoxy) is 1. The second kappa shape index (κ2) is 6.04. The van der Waals surface area contributed by atoms with E-state index in [1.54, 1.807) is 30.6 Å². The number of phenols is 1. The average molecular weight is 278 g/mol. The van der Waals surface area contributed by atoms with E-state index in [-0.39, 0.29) is 11.8 Å². The zero-order valence-electron chi connectivity index (χ0n) is 11.3. The van der Waals surface area contributed by atoms with E-state index in [0.717, 1.165) is 16.3 Å². The summed E-state index contributed by atoms with van der Waals surface area (Å²) in [5.74, 6) is 0.659. The van der Waals surface area contributed by atoms with E-state index < -0.39 is 0 Å². The number of benzene rings is 1. The van der Waals surface area contributed by atoms with Crippen molar-refractivity contribution in [3.63, 3.8) is 0 Å². The highest BCUT2D eigenvalue weighted by atomic mass is 32.1. The minimum Gasteiger partial charge on any atom is -0.504 e. The van der Waals surface area contributed by atoms with Gasteiger partial charge in [-0.25, -0.2) is 4.98 Å². The summed E-state index contributed by atoms with van der Waals surface area (Å²) in [6, 6.07) is 5.62. The highest BCUT2D eigenvalue weighted by Gasteiger charge is 2.09. The van der Waals surface area contributed by atoms with Crippen molar-refractivity contribution in [3.05, 3.63) is 39.8 Å². The van der Waals surface area contributed by atoms with Crippen molar-refractivity contribution in [2.45, 2.75) is 26.4 Å². The molecular weight excluding hydrogens is 260 g/mol. The summed E-state index contributed by atoms with van der Waals surface area (Å²) in [4.78, 5) is 4.45. The largest absolute Gasteiger partial charge is 0.504 e. The van der Waals surface area contributed by atoms with Gasteiger partial charge in [0.1, 0.15) is 5.01 Å². The predicted octanol–water partition coefficient (Wildman–Crippen LogP) is 3.02. The lowest BCUT2D eigenvalue weighted by Crippen LogP contribution is -2.17. The number of hydrogen-bond donors (Lipinski definition) is 2. The highest BCUT2D eigenvalue weighted by Crippen LogP contribution is 2.26. The van der Waals surface area contributed by atoms with Gasteiger partial charge in [0.05, 0.1) is 13.2 Å². The van der Waals surface area contributed by atoms with Crippen LogP contribution in [0.15, 0.2) is 23.6 Å². The number of aromatic hydroxyl groups is 1. The number of phenolic OH excluding ortho intramolecular Hbond substituents is 1. The van der Waals surface area contributed by atoms with E-state index in [1.165, 1.54) is 0 Å². The third-order valence-corrected chi connectivity index (χ3v) is 4.01. The Labute approximate surface area is 117 Å². The molecule has 102 valence electrons. The molecule has 0 saturated heterocycles. The summed E-state index contributed by atoms with van der Waals surface area (Å²) in [5, 5.41) is 16.2. The van der Waals surface area contributed by atoms with Gasteiger partial charge in [0.25, 0.3) is 0 Å². The molecule has 2 N–H and O–H groups in total. The van der Waals surface area contributed by atoms with E-state index in [4.69, 9.17) is 4.74 Å². The van der Waals surface area contributed by atoms with Crippen LogP contribution >= 0.6 is 11.3 Å². The van der Waals surface area contributed by atoms with Crippen LogP contribution in [0, 0.1) is 6.92 Å². The van der Waals surface area contributed by atoms with Gasteiger partial charge in [0.2, 0.25) is 0 Å². The van der Waals surface area contributed by atoms with Gasteiger partial charge < -0.3 is 15.2 Å². The molecule has 1 unspecified atom stereocenters. The van der Waals surface area contributed by atoms with Crippen LogP contribution in [0.1, 0.15) is 29.2 Å². The standard InChI is InChI=1S/C14H18N2O2S/c1-9-8-19-14(16-9)10(2)15-7-11-4-5-13(18-3)12(17)6-11/h4-6,8,10,15,17H,7H2,1-3H3. The molecule has 1 aromatic carbocycles. The Morgan fingerprint density at radius 2 is 2.26 bits per heavy atom. The quantitative estimate of drug-likeness (QED) is 0.882. The van der Waals surface area contributed by atoms with Gasteiger partial charge in [-0.05, 0) is 31.5 Å². The topological polar surface area (TPSA) is 54.4 Å². The summed E-state index contributed by atoms with van der Waals surface area (Å²) < 4.78 is 5.02. The van der Waals surface area contributed by atoms with Gasteiger partial charge in [-0.15, -0.1) is 11.3 Å². The third kappa shape index (κ3) is 3.45. The molecule has 0 saturated carbocycles. The number of nitrogens with one attached hydrogen (secondary N) is 1. The number of aromatic nitrogens is 1. The van der Waals surface area contributed by atoms with Crippen LogP contribution in [0.3, 0.4) is 0 Å². The molecule has 1 aromatic heterocycles. The lowest BCUT2D eigenvalue weighted by Gasteiger charge is -2.12. The molecule has 2 aromatic rings. The van der Waals surface area contributed by atoms with E-state index in [2.05, 4.69) is 17.2 Å². The molecule has 1 heterocycles. The van der Waals surface area contributed by atoms with Crippen molar-refractivity contribution in [1.82, 2.24) is 10.3 Å². The van der Waals surface area contributed by atoms with Gasteiger partial charge in [-0.1, -0.05) is 6.07 Å². The van der Waals surface area contributed by atoms with E-state index in [0.29, 0.717) is 12.3 Å². The Morgan fingerprint density at radius 3 is 2.84 bits per heavy atom. The van der Waals surface area contributed by atoms with Crippen LogP contribution in [0.2, 0.25) is 0 Å². The first-order valence-electron chi connectivity index (χ1n) is 6.11. The van der Waals surface area contributed by atoms with Crippen LogP contribution < -0.4 is 10.1 Å². The van der Waals surface area contributed by atoms with E-state index >= 15 is 0 Å². The van der Waals surface area contributed by atoms with Crippen molar-refractivity contribution < 1.29 is 9.84 Å². The molecule has 19 heavy (non-hydrogen) atoms. The lowest BCUT2D eigenvalue weighted by atomic mass is 10.2. The fourth-order valence-electron chi connectivity index (χ4n) is 1.77. The molecular formula is C14H18N2O2S. The third-order valence-electron chi connectivity index (χ3n) is 2.86. The van der Waals surface area contributed by atoms with Gasteiger partial charge in [0, 0.05) is 17.6 Å². The van der Waals surface area contributed by atoms with Gasteiger partial charge in [0.15, 0.2) is 11.5 Å². The normalized spacial score (nSPS) is 12.4. The second-order valence-corrected chi connectivity index (χ2v) is 5.33. The van der Waals surface area contributed by atoms with Crippen molar-refractivity contribution in [3.8, 4) is 11.5 Å². The Bertz CT molecular complexity index is 554. The first-order chi connectivity index (χ1) is 9.10. The molecule has 0 aliphatic heterocycles. The number of aryl methyl sites for hydroxylation is 1. The fraction of sp³-hybridized carbons (Fsp3) is 0.357. The molecule has 0 aliphatic rings. The van der Waals surface area contributed by atoms with Gasteiger partial charge in [-0.3, -0.25) is 0 Å². The summed E-state index contributed by atoms with van der Waals surface area (Å²) in [6.07, 6.45) is 0. The first-order valence-corrected chi connectivity index (χ1v) is 6.99. The maximum Gasteiger partial charge on any atom is 0.160 e. The number of nitrogens with zero attached hydrogens (tertiary/aromatic N) is 1. The summed E-state index contributed by atoms with van der Waals surface area (Å²) >= 11 is 1.66. The Balaban J connectivity index is 1.97. The van der Waals surface area contributed by atoms with E-state index in [1.807, 2.05) is 18.4 Å². The monoisotopic (exact) mass is 278 g/mol. The maximum atomic E-state index is 9.71. The predicted molar refractivity (Wildman–Crippen MR) is 76.8 cm³/mol. The van der Waals surface area contributed by atoms with Gasteiger partial charge >= 0.3 is 0 Å². The molecule has 0 bridgehead atoms. The minimum atomic E-state index is 0.166. The number of thiazole rings is 1. The molecule has 0 amide bonds. The number of hydrogen-bond acceptors (Lipinski definition) is 5. The summed E-state index contributed by atoms with van der Waals surface area (Å²) in [7, 11) is 1.54. The molecule has 1 atom stereocenters. The number of methoxy groups -OCH3 is 1. The maximum absolute atomic E-state index is 9.71. The lowest BCUT2D eigenvalue weighted by molar-refractivity contribution is 0.373. The van der Waals surface area contributed by atoms with Crippen LogP contribution in [-0.4, -0.2) is 17.2 Å². The van der Waals surface area contributed by atoms with Crippen LogP contribution in [0.5, 0.6) is 11.5 Å². The smallest absolute Gasteiger partial charge is 0.160 e. The molecule has 2 rings (SSSR count). The molecule has 0 aliphatic carbocycles. The van der Waals surface area contributed by atoms with Crippen molar-refractivity contribution in [2.24, 2.45) is 0 Å². The summed E-state index contributed by atoms with van der Waals surface area (Å²) in [5.41, 5.74) is 2.06. The SMILES string of the molecule is COc1ccc(CNC(C)c2nc(C)cs2)cc1O. The van der Waals surface area contributed by atoms with Crippen LogP contribution in [0.4, 0.5) is 0 Å². The van der Waals surface area contributed by atoms with Gasteiger partial charge in [-0.2, -0.15) is 0 Å². The van der Waals surface area contributed by atoms with Crippen LogP contribution in [-0.2, 0) is 6.54 Å². The Kier molecular flexibility index (Phi) is 4.39. The number of rotatable bonds is 5. The summed E-state index contributed by atoms with van der Waals surface area (Å²) in [6.45, 7) is 4.76. The van der Waals surface area contributed by atoms with Crippen molar-refractivity contribution in [2.75, 3.05) is 7.11 Å². The molecule has 0 fully saturated rings. The molecule has 5 heteroatoms. The van der Waals surface area contributed by atoms with Crippen LogP contribution in [0.25, 0.3) is 0 Å². The fourth-order valence-corrected chi connectivity index (χ4v) is 2.60. The second-order valence-electron chi connectivity index (χ2n) is 4.44. The first kappa shape index (κ1) is 13.8. The molecule has 0 radical (unpaired) electrons. The van der Waals surface area contributed by atoms with Crippen molar-refractivity contribution >= 4 is 11.3 Å². The average Bonchev–Trinajstić information content (AvgIpc) is 2.83. The van der Waals surface area contributed by atoms with Crippen molar-refractivity contribution in [1.29, 1.82) is 0 Å². The zero-order valence-corrected chi connectivity index (χ0v) is 12.1. The molecule has 4 nitrogen and oxygen atoms in total.